The monoisotopic (exact) mass is 307 g/mol. The zero-order valence-electron chi connectivity index (χ0n) is 11.0. The molecule has 0 atom stereocenters. The summed E-state index contributed by atoms with van der Waals surface area (Å²) in [6.07, 6.45) is 0.790. The summed E-state index contributed by atoms with van der Waals surface area (Å²) < 4.78 is 6.54. The molecule has 0 saturated carbocycles. The number of ether oxygens (including phenoxy) is 1. The van der Waals surface area contributed by atoms with Crippen molar-refractivity contribution in [2.45, 2.75) is 25.8 Å². The summed E-state index contributed by atoms with van der Waals surface area (Å²) in [5.41, 5.74) is 7.01. The molecule has 0 amide bonds. The minimum atomic E-state index is -0.243. The van der Waals surface area contributed by atoms with E-state index in [0.29, 0.717) is 0 Å². The molecule has 0 aliphatic rings. The third kappa shape index (κ3) is 3.03. The summed E-state index contributed by atoms with van der Waals surface area (Å²) in [5, 5.41) is 2.37. The number of methoxy groups -OCH3 is 1. The van der Waals surface area contributed by atoms with Crippen LogP contribution in [-0.4, -0.2) is 12.6 Å². The topological polar surface area (TPSA) is 35.2 Å². The maximum absolute atomic E-state index is 6.10. The van der Waals surface area contributed by atoms with Crippen LogP contribution in [0.25, 0.3) is 10.8 Å². The standard InChI is InChI=1S/C15H18BrNO/c1-15(2,17)9-12-6-11-7-13(16)5-4-10(11)8-14(12)18-3/h4-8H,9,17H2,1-3H3. The largest absolute Gasteiger partial charge is 0.496 e. The quantitative estimate of drug-likeness (QED) is 0.933. The molecule has 0 radical (unpaired) electrons. The van der Waals surface area contributed by atoms with Crippen LogP contribution in [0.5, 0.6) is 5.75 Å². The molecule has 0 aromatic heterocycles. The van der Waals surface area contributed by atoms with Crippen LogP contribution in [0.2, 0.25) is 0 Å². The van der Waals surface area contributed by atoms with Crippen molar-refractivity contribution in [1.29, 1.82) is 0 Å². The summed E-state index contributed by atoms with van der Waals surface area (Å²) in [6.45, 7) is 4.05. The Morgan fingerprint density at radius 2 is 1.89 bits per heavy atom. The Kier molecular flexibility index (Phi) is 3.64. The SMILES string of the molecule is COc1cc2ccc(Br)cc2cc1CC(C)(C)N. The fraction of sp³-hybridized carbons (Fsp3) is 0.333. The average molecular weight is 308 g/mol. The zero-order chi connectivity index (χ0) is 13.3. The van der Waals surface area contributed by atoms with Crippen LogP contribution in [-0.2, 0) is 6.42 Å². The molecular weight excluding hydrogens is 290 g/mol. The Morgan fingerprint density at radius 3 is 2.50 bits per heavy atom. The van der Waals surface area contributed by atoms with Crippen molar-refractivity contribution >= 4 is 26.7 Å². The van der Waals surface area contributed by atoms with Gasteiger partial charge in [-0.3, -0.25) is 0 Å². The van der Waals surface area contributed by atoms with Gasteiger partial charge in [-0.1, -0.05) is 22.0 Å². The smallest absolute Gasteiger partial charge is 0.122 e. The van der Waals surface area contributed by atoms with E-state index in [1.165, 1.54) is 10.8 Å². The number of rotatable bonds is 3. The minimum absolute atomic E-state index is 0.243. The first-order valence-electron chi connectivity index (χ1n) is 5.94. The third-order valence-corrected chi connectivity index (χ3v) is 3.34. The Labute approximate surface area is 116 Å². The fourth-order valence-corrected chi connectivity index (χ4v) is 2.49. The summed E-state index contributed by atoms with van der Waals surface area (Å²) >= 11 is 3.50. The number of hydrogen-bond acceptors (Lipinski definition) is 2. The van der Waals surface area contributed by atoms with Crippen molar-refractivity contribution in [1.82, 2.24) is 0 Å². The molecule has 0 aliphatic carbocycles. The molecule has 0 fully saturated rings. The third-order valence-electron chi connectivity index (χ3n) is 2.85. The molecular formula is C15H18BrNO. The molecule has 2 N–H and O–H groups in total. The Balaban J connectivity index is 2.56. The lowest BCUT2D eigenvalue weighted by Gasteiger charge is -2.20. The Bertz CT molecular complexity index is 572. The highest BCUT2D eigenvalue weighted by Crippen LogP contribution is 2.29. The number of nitrogens with two attached hydrogens (primary N) is 1. The van der Waals surface area contributed by atoms with Crippen LogP contribution >= 0.6 is 15.9 Å². The summed E-state index contributed by atoms with van der Waals surface area (Å²) in [7, 11) is 1.70. The van der Waals surface area contributed by atoms with Crippen LogP contribution in [0.4, 0.5) is 0 Å². The van der Waals surface area contributed by atoms with E-state index in [2.05, 4.69) is 40.2 Å². The van der Waals surface area contributed by atoms with Crippen LogP contribution in [0.15, 0.2) is 34.8 Å². The first-order valence-corrected chi connectivity index (χ1v) is 6.73. The van der Waals surface area contributed by atoms with E-state index in [4.69, 9.17) is 10.5 Å². The molecule has 0 heterocycles. The van der Waals surface area contributed by atoms with E-state index < -0.39 is 0 Å². The zero-order valence-corrected chi connectivity index (χ0v) is 12.5. The predicted octanol–water partition coefficient (Wildman–Crippen LogP) is 3.89. The first kappa shape index (κ1) is 13.4. The average Bonchev–Trinajstić information content (AvgIpc) is 2.25. The second-order valence-corrected chi connectivity index (χ2v) is 6.24. The highest BCUT2D eigenvalue weighted by atomic mass is 79.9. The predicted molar refractivity (Wildman–Crippen MR) is 80.2 cm³/mol. The van der Waals surface area contributed by atoms with Gasteiger partial charge in [-0.15, -0.1) is 0 Å². The molecule has 18 heavy (non-hydrogen) atoms. The highest BCUT2D eigenvalue weighted by molar-refractivity contribution is 9.10. The highest BCUT2D eigenvalue weighted by Gasteiger charge is 2.15. The van der Waals surface area contributed by atoms with E-state index in [0.717, 1.165) is 22.2 Å². The number of benzene rings is 2. The van der Waals surface area contributed by atoms with Gasteiger partial charge in [0.25, 0.3) is 0 Å². The molecule has 0 unspecified atom stereocenters. The van der Waals surface area contributed by atoms with Crippen molar-refractivity contribution in [3.05, 3.63) is 40.4 Å². The van der Waals surface area contributed by atoms with Gasteiger partial charge in [-0.05, 0) is 60.9 Å². The minimum Gasteiger partial charge on any atom is -0.496 e. The normalized spacial score (nSPS) is 11.8. The van der Waals surface area contributed by atoms with Gasteiger partial charge in [0.1, 0.15) is 5.75 Å². The second-order valence-electron chi connectivity index (χ2n) is 5.32. The molecule has 0 bridgehead atoms. The second kappa shape index (κ2) is 4.90. The van der Waals surface area contributed by atoms with Crippen LogP contribution in [0, 0.1) is 0 Å². The van der Waals surface area contributed by atoms with Crippen LogP contribution in [0.1, 0.15) is 19.4 Å². The van der Waals surface area contributed by atoms with Gasteiger partial charge in [0.2, 0.25) is 0 Å². The van der Waals surface area contributed by atoms with Gasteiger partial charge in [0.05, 0.1) is 7.11 Å². The maximum atomic E-state index is 6.10. The lowest BCUT2D eigenvalue weighted by Crippen LogP contribution is -2.34. The van der Waals surface area contributed by atoms with Crippen molar-refractivity contribution in [2.75, 3.05) is 7.11 Å². The van der Waals surface area contributed by atoms with Gasteiger partial charge in [0, 0.05) is 10.0 Å². The van der Waals surface area contributed by atoms with Crippen molar-refractivity contribution < 1.29 is 4.74 Å². The van der Waals surface area contributed by atoms with Crippen molar-refractivity contribution in [3.8, 4) is 5.75 Å². The molecule has 96 valence electrons. The number of hydrogen-bond donors (Lipinski definition) is 1. The maximum Gasteiger partial charge on any atom is 0.122 e. The first-order chi connectivity index (χ1) is 8.39. The van der Waals surface area contributed by atoms with Crippen LogP contribution < -0.4 is 10.5 Å². The van der Waals surface area contributed by atoms with E-state index in [1.54, 1.807) is 7.11 Å². The van der Waals surface area contributed by atoms with Crippen molar-refractivity contribution in [2.24, 2.45) is 5.73 Å². The van der Waals surface area contributed by atoms with Gasteiger partial charge in [0.15, 0.2) is 0 Å². The lowest BCUT2D eigenvalue weighted by molar-refractivity contribution is 0.403. The molecule has 0 aliphatic heterocycles. The number of fused-ring (bicyclic) bond motifs is 1. The van der Waals surface area contributed by atoms with E-state index in [1.807, 2.05) is 19.9 Å². The molecule has 0 saturated heterocycles. The Hall–Kier alpha value is -1.06. The van der Waals surface area contributed by atoms with E-state index in [-0.39, 0.29) is 5.54 Å². The van der Waals surface area contributed by atoms with Gasteiger partial charge in [-0.25, -0.2) is 0 Å². The van der Waals surface area contributed by atoms with Gasteiger partial charge in [-0.2, -0.15) is 0 Å². The Morgan fingerprint density at radius 1 is 1.17 bits per heavy atom. The summed E-state index contributed by atoms with van der Waals surface area (Å²) in [5.74, 6) is 0.906. The summed E-state index contributed by atoms with van der Waals surface area (Å²) in [4.78, 5) is 0. The molecule has 2 rings (SSSR count). The van der Waals surface area contributed by atoms with Crippen LogP contribution in [0.3, 0.4) is 0 Å². The van der Waals surface area contributed by atoms with Gasteiger partial charge >= 0.3 is 0 Å². The van der Waals surface area contributed by atoms with E-state index >= 15 is 0 Å². The molecule has 2 aromatic carbocycles. The molecule has 0 spiro atoms. The molecule has 3 heteroatoms. The molecule has 2 nitrogen and oxygen atoms in total. The van der Waals surface area contributed by atoms with Gasteiger partial charge < -0.3 is 10.5 Å². The fourth-order valence-electron chi connectivity index (χ4n) is 2.11. The van der Waals surface area contributed by atoms with Crippen molar-refractivity contribution in [3.63, 3.8) is 0 Å². The molecule has 2 aromatic rings. The van der Waals surface area contributed by atoms with E-state index in [9.17, 15) is 0 Å². The summed E-state index contributed by atoms with van der Waals surface area (Å²) in [6, 6.07) is 10.5. The number of halogens is 1. The lowest BCUT2D eigenvalue weighted by atomic mass is 9.94.